The SMILES string of the molecule is O=C(OCCOc1ccccc1)C1CCCCCN1. The van der Waals surface area contributed by atoms with Crippen LogP contribution in [0.4, 0.5) is 0 Å². The third-order valence-electron chi connectivity index (χ3n) is 3.18. The number of carbonyl (C=O) groups is 1. The Morgan fingerprint density at radius 3 is 2.84 bits per heavy atom. The summed E-state index contributed by atoms with van der Waals surface area (Å²) in [5.41, 5.74) is 0. The molecular formula is C15H21NO3. The van der Waals surface area contributed by atoms with Gasteiger partial charge >= 0.3 is 5.97 Å². The molecule has 1 unspecified atom stereocenters. The smallest absolute Gasteiger partial charge is 0.323 e. The van der Waals surface area contributed by atoms with E-state index in [2.05, 4.69) is 5.32 Å². The number of nitrogens with one attached hydrogen (secondary N) is 1. The Balaban J connectivity index is 1.63. The molecule has 0 radical (unpaired) electrons. The molecule has 1 aliphatic rings. The van der Waals surface area contributed by atoms with E-state index in [4.69, 9.17) is 9.47 Å². The molecule has 1 fully saturated rings. The molecule has 4 nitrogen and oxygen atoms in total. The van der Waals surface area contributed by atoms with Crippen LogP contribution in [0, 0.1) is 0 Å². The van der Waals surface area contributed by atoms with Gasteiger partial charge in [-0.05, 0) is 31.5 Å². The van der Waals surface area contributed by atoms with E-state index >= 15 is 0 Å². The van der Waals surface area contributed by atoms with E-state index in [0.717, 1.165) is 31.6 Å². The largest absolute Gasteiger partial charge is 0.490 e. The van der Waals surface area contributed by atoms with Crippen molar-refractivity contribution in [2.75, 3.05) is 19.8 Å². The monoisotopic (exact) mass is 263 g/mol. The molecular weight excluding hydrogens is 242 g/mol. The highest BCUT2D eigenvalue weighted by atomic mass is 16.6. The van der Waals surface area contributed by atoms with Crippen LogP contribution in [0.3, 0.4) is 0 Å². The number of hydrogen-bond donors (Lipinski definition) is 1. The fourth-order valence-corrected chi connectivity index (χ4v) is 2.15. The Bertz CT molecular complexity index is 372. The van der Waals surface area contributed by atoms with Crippen LogP contribution in [0.1, 0.15) is 25.7 Å². The van der Waals surface area contributed by atoms with Gasteiger partial charge in [-0.3, -0.25) is 4.79 Å². The fourth-order valence-electron chi connectivity index (χ4n) is 2.15. The second kappa shape index (κ2) is 7.79. The summed E-state index contributed by atoms with van der Waals surface area (Å²) in [5.74, 6) is 0.643. The molecule has 1 atom stereocenters. The molecule has 0 spiro atoms. The van der Waals surface area contributed by atoms with E-state index in [1.807, 2.05) is 30.3 Å². The number of benzene rings is 1. The zero-order valence-electron chi connectivity index (χ0n) is 11.1. The van der Waals surface area contributed by atoms with Crippen LogP contribution < -0.4 is 10.1 Å². The Morgan fingerprint density at radius 1 is 1.16 bits per heavy atom. The van der Waals surface area contributed by atoms with Crippen molar-refractivity contribution in [3.63, 3.8) is 0 Å². The van der Waals surface area contributed by atoms with Gasteiger partial charge in [0.15, 0.2) is 0 Å². The van der Waals surface area contributed by atoms with Crippen LogP contribution in [-0.2, 0) is 9.53 Å². The molecule has 1 aromatic carbocycles. The lowest BCUT2D eigenvalue weighted by Crippen LogP contribution is -2.37. The summed E-state index contributed by atoms with van der Waals surface area (Å²) in [7, 11) is 0. The predicted octanol–water partition coefficient (Wildman–Crippen LogP) is 2.14. The highest BCUT2D eigenvalue weighted by Crippen LogP contribution is 2.10. The average molecular weight is 263 g/mol. The zero-order valence-corrected chi connectivity index (χ0v) is 11.1. The highest BCUT2D eigenvalue weighted by Gasteiger charge is 2.20. The summed E-state index contributed by atoms with van der Waals surface area (Å²) in [5, 5.41) is 3.22. The van der Waals surface area contributed by atoms with Crippen molar-refractivity contribution < 1.29 is 14.3 Å². The normalized spacial score (nSPS) is 19.5. The maximum atomic E-state index is 11.8. The number of para-hydroxylation sites is 1. The molecule has 1 aliphatic heterocycles. The zero-order chi connectivity index (χ0) is 13.3. The van der Waals surface area contributed by atoms with Gasteiger partial charge in [0, 0.05) is 0 Å². The predicted molar refractivity (Wildman–Crippen MR) is 73.2 cm³/mol. The molecule has 1 heterocycles. The van der Waals surface area contributed by atoms with E-state index in [9.17, 15) is 4.79 Å². The second-order valence-corrected chi connectivity index (χ2v) is 4.69. The van der Waals surface area contributed by atoms with Crippen LogP contribution >= 0.6 is 0 Å². The van der Waals surface area contributed by atoms with Gasteiger partial charge in [-0.25, -0.2) is 0 Å². The lowest BCUT2D eigenvalue weighted by Gasteiger charge is -2.14. The van der Waals surface area contributed by atoms with Crippen molar-refractivity contribution >= 4 is 5.97 Å². The molecule has 0 bridgehead atoms. The summed E-state index contributed by atoms with van der Waals surface area (Å²) < 4.78 is 10.7. The molecule has 1 N–H and O–H groups in total. The van der Waals surface area contributed by atoms with Gasteiger partial charge in [-0.1, -0.05) is 31.0 Å². The van der Waals surface area contributed by atoms with Crippen molar-refractivity contribution in [2.45, 2.75) is 31.7 Å². The third kappa shape index (κ3) is 4.91. The minimum Gasteiger partial charge on any atom is -0.490 e. The first-order chi connectivity index (χ1) is 9.36. The van der Waals surface area contributed by atoms with Gasteiger partial charge in [0.1, 0.15) is 25.0 Å². The number of carbonyl (C=O) groups excluding carboxylic acids is 1. The minimum absolute atomic E-state index is 0.140. The van der Waals surface area contributed by atoms with Gasteiger partial charge in [0.2, 0.25) is 0 Å². The molecule has 1 saturated heterocycles. The maximum absolute atomic E-state index is 11.8. The fraction of sp³-hybridized carbons (Fsp3) is 0.533. The minimum atomic E-state index is -0.154. The standard InChI is InChI=1S/C15H21NO3/c17-15(14-9-5-2-6-10-16-14)19-12-11-18-13-7-3-1-4-8-13/h1,3-4,7-8,14,16H,2,5-6,9-12H2. The van der Waals surface area contributed by atoms with Crippen molar-refractivity contribution in [1.82, 2.24) is 5.32 Å². The van der Waals surface area contributed by atoms with Crippen LogP contribution in [0.25, 0.3) is 0 Å². The first-order valence-corrected chi connectivity index (χ1v) is 6.94. The van der Waals surface area contributed by atoms with Gasteiger partial charge in [0.05, 0.1) is 0 Å². The lowest BCUT2D eigenvalue weighted by atomic mass is 10.1. The van der Waals surface area contributed by atoms with E-state index in [-0.39, 0.29) is 12.0 Å². The van der Waals surface area contributed by atoms with Crippen LogP contribution in [0.2, 0.25) is 0 Å². The third-order valence-corrected chi connectivity index (χ3v) is 3.18. The number of esters is 1. The van der Waals surface area contributed by atoms with Gasteiger partial charge in [-0.15, -0.1) is 0 Å². The average Bonchev–Trinajstić information content (AvgIpc) is 2.73. The number of ether oxygens (including phenoxy) is 2. The molecule has 0 aliphatic carbocycles. The molecule has 1 aromatic rings. The summed E-state index contributed by atoms with van der Waals surface area (Å²) in [4.78, 5) is 11.8. The Kier molecular flexibility index (Phi) is 5.69. The molecule has 0 aromatic heterocycles. The Morgan fingerprint density at radius 2 is 2.00 bits per heavy atom. The van der Waals surface area contributed by atoms with Gasteiger partial charge in [-0.2, -0.15) is 0 Å². The number of hydrogen-bond acceptors (Lipinski definition) is 4. The van der Waals surface area contributed by atoms with Crippen molar-refractivity contribution in [1.29, 1.82) is 0 Å². The summed E-state index contributed by atoms with van der Waals surface area (Å²) >= 11 is 0. The van der Waals surface area contributed by atoms with Crippen LogP contribution in [0.5, 0.6) is 5.75 Å². The summed E-state index contributed by atoms with van der Waals surface area (Å²) in [6, 6.07) is 9.39. The van der Waals surface area contributed by atoms with Crippen LogP contribution in [-0.4, -0.2) is 31.8 Å². The highest BCUT2D eigenvalue weighted by molar-refractivity contribution is 5.75. The van der Waals surface area contributed by atoms with E-state index in [1.165, 1.54) is 6.42 Å². The van der Waals surface area contributed by atoms with Crippen molar-refractivity contribution in [3.05, 3.63) is 30.3 Å². The van der Waals surface area contributed by atoms with Gasteiger partial charge in [0.25, 0.3) is 0 Å². The molecule has 2 rings (SSSR count). The van der Waals surface area contributed by atoms with E-state index < -0.39 is 0 Å². The van der Waals surface area contributed by atoms with Gasteiger partial charge < -0.3 is 14.8 Å². The quantitative estimate of drug-likeness (QED) is 0.653. The van der Waals surface area contributed by atoms with Crippen molar-refractivity contribution in [2.24, 2.45) is 0 Å². The molecule has 104 valence electrons. The number of rotatable bonds is 5. The van der Waals surface area contributed by atoms with E-state index in [0.29, 0.717) is 13.2 Å². The van der Waals surface area contributed by atoms with Crippen LogP contribution in [0.15, 0.2) is 30.3 Å². The molecule has 4 heteroatoms. The first-order valence-electron chi connectivity index (χ1n) is 6.94. The topological polar surface area (TPSA) is 47.6 Å². The molecule has 0 saturated carbocycles. The lowest BCUT2D eigenvalue weighted by molar-refractivity contribution is -0.147. The second-order valence-electron chi connectivity index (χ2n) is 4.69. The van der Waals surface area contributed by atoms with Crippen molar-refractivity contribution in [3.8, 4) is 5.75 Å². The molecule has 19 heavy (non-hydrogen) atoms. The Hall–Kier alpha value is -1.55. The maximum Gasteiger partial charge on any atom is 0.323 e. The molecule has 0 amide bonds. The Labute approximate surface area is 114 Å². The summed E-state index contributed by atoms with van der Waals surface area (Å²) in [6.45, 7) is 1.59. The first kappa shape index (κ1) is 13.9. The summed E-state index contributed by atoms with van der Waals surface area (Å²) in [6.07, 6.45) is 4.29. The van der Waals surface area contributed by atoms with E-state index in [1.54, 1.807) is 0 Å².